The summed E-state index contributed by atoms with van der Waals surface area (Å²) in [5.41, 5.74) is 7.14. The van der Waals surface area contributed by atoms with Crippen LogP contribution in [0.4, 0.5) is 0 Å². The molecule has 2 aromatic carbocycles. The smallest absolute Gasteiger partial charge is 0.186 e. The molecule has 24 heavy (non-hydrogen) atoms. The van der Waals surface area contributed by atoms with Gasteiger partial charge in [-0.3, -0.25) is 4.79 Å². The monoisotopic (exact) mass is 333 g/mol. The maximum Gasteiger partial charge on any atom is 0.186 e. The van der Waals surface area contributed by atoms with Crippen molar-refractivity contribution in [1.82, 2.24) is 0 Å². The first kappa shape index (κ1) is 21.2. The molecular weight excluding hydrogens is 306 g/mol. The number of carbonyl (C=O) groups excluding carboxylic acids is 1. The Kier molecular flexibility index (Phi) is 7.07. The number of rotatable bonds is 3. The first-order chi connectivity index (χ1) is 10.6. The van der Waals surface area contributed by atoms with Crippen LogP contribution < -0.4 is 5.30 Å². The molecule has 0 amide bonds. The number of benzene rings is 2. The zero-order chi connectivity index (χ0) is 17.4. The van der Waals surface area contributed by atoms with Gasteiger partial charge in [-0.15, -0.1) is 0 Å². The number of aryl methyl sites for hydroxylation is 4. The van der Waals surface area contributed by atoms with E-state index in [-0.39, 0.29) is 38.4 Å². The van der Waals surface area contributed by atoms with Crippen LogP contribution in [0.25, 0.3) is 0 Å². The van der Waals surface area contributed by atoms with E-state index in [1.807, 2.05) is 0 Å². The summed E-state index contributed by atoms with van der Waals surface area (Å²) in [6.45, 7) is 14.9. The second kappa shape index (κ2) is 8.01. The molecule has 0 N–H and O–H groups in total. The second-order valence-corrected chi connectivity index (χ2v) is 8.75. The van der Waals surface area contributed by atoms with Gasteiger partial charge in [0.05, 0.1) is 0 Å². The molecule has 0 aromatic heterocycles. The van der Waals surface area contributed by atoms with Gasteiger partial charge in [0.15, 0.2) is 5.52 Å². The molecule has 1 unspecified atom stereocenters. The minimum Gasteiger partial charge on any atom is -0.289 e. The molecular formula is C21H27LiOP. The number of hydrogen-bond acceptors (Lipinski definition) is 1. The van der Waals surface area contributed by atoms with E-state index in [2.05, 4.69) is 78.8 Å². The van der Waals surface area contributed by atoms with E-state index in [4.69, 9.17) is 0 Å². The Morgan fingerprint density at radius 1 is 0.875 bits per heavy atom. The molecule has 3 heteroatoms. The predicted octanol–water partition coefficient (Wildman–Crippen LogP) is 4.98. The van der Waals surface area contributed by atoms with Crippen molar-refractivity contribution in [2.45, 2.75) is 53.9 Å². The Bertz CT molecular complexity index is 734. The maximum absolute atomic E-state index is 12.9. The fraction of sp³-hybridized carbons (Fsp3) is 0.381. The molecule has 1 radical (unpaired) electrons. The number of carbonyl (C=O) groups is 1. The molecule has 0 bridgehead atoms. The van der Waals surface area contributed by atoms with Crippen molar-refractivity contribution in [1.29, 1.82) is 0 Å². The van der Waals surface area contributed by atoms with E-state index >= 15 is 0 Å². The van der Waals surface area contributed by atoms with E-state index in [0.29, 0.717) is 0 Å². The Morgan fingerprint density at radius 3 is 1.92 bits per heavy atom. The minimum absolute atomic E-state index is 0. The predicted molar refractivity (Wildman–Crippen MR) is 109 cm³/mol. The van der Waals surface area contributed by atoms with E-state index in [1.54, 1.807) is 0 Å². The van der Waals surface area contributed by atoms with Crippen molar-refractivity contribution in [2.24, 2.45) is 0 Å². The SMILES string of the molecule is Cc1ccc(C)c(PC(=O)c2c(C)cc(C(C)(C)C)cc2C)c1.[Li]. The van der Waals surface area contributed by atoms with E-state index in [0.717, 1.165) is 22.0 Å². The van der Waals surface area contributed by atoms with Crippen molar-refractivity contribution in [2.75, 3.05) is 0 Å². The molecule has 1 atom stereocenters. The normalized spacial score (nSPS) is 11.6. The van der Waals surface area contributed by atoms with Crippen molar-refractivity contribution >= 4 is 38.3 Å². The van der Waals surface area contributed by atoms with E-state index < -0.39 is 0 Å². The van der Waals surface area contributed by atoms with Crippen LogP contribution in [0.15, 0.2) is 30.3 Å². The quantitative estimate of drug-likeness (QED) is 0.572. The summed E-state index contributed by atoms with van der Waals surface area (Å²) in [7, 11) is 0.188. The Balaban J connectivity index is 0.00000288. The molecule has 0 fully saturated rings. The Hall–Kier alpha value is -0.863. The zero-order valence-corrected chi connectivity index (χ0v) is 17.3. The molecule has 0 aliphatic heterocycles. The standard InChI is InChI=1S/C21H27OP.Li/c1-13-8-9-14(2)18(10-13)23-20(22)19-15(3)11-17(12-16(19)4)21(5,6)7;/h8-12,23H,1-7H3;. The van der Waals surface area contributed by atoms with Crippen LogP contribution in [-0.4, -0.2) is 24.4 Å². The van der Waals surface area contributed by atoms with Crippen LogP contribution in [0.5, 0.6) is 0 Å². The molecule has 0 aliphatic carbocycles. The fourth-order valence-electron chi connectivity index (χ4n) is 2.81. The van der Waals surface area contributed by atoms with Gasteiger partial charge in [0, 0.05) is 24.4 Å². The van der Waals surface area contributed by atoms with Crippen LogP contribution in [0.3, 0.4) is 0 Å². The zero-order valence-electron chi connectivity index (χ0n) is 16.3. The van der Waals surface area contributed by atoms with Crippen molar-refractivity contribution in [3.05, 3.63) is 63.7 Å². The van der Waals surface area contributed by atoms with Gasteiger partial charge in [0.25, 0.3) is 0 Å². The Labute approximate surface area is 160 Å². The van der Waals surface area contributed by atoms with Crippen LogP contribution >= 0.6 is 8.58 Å². The first-order valence-electron chi connectivity index (χ1n) is 8.10. The molecule has 0 heterocycles. The third kappa shape index (κ3) is 4.83. The minimum atomic E-state index is 0. The summed E-state index contributed by atoms with van der Waals surface area (Å²) < 4.78 is 0. The van der Waals surface area contributed by atoms with Crippen LogP contribution in [0, 0.1) is 27.7 Å². The van der Waals surface area contributed by atoms with Crippen LogP contribution in [0.1, 0.15) is 58.9 Å². The molecule has 0 saturated carbocycles. The molecule has 2 aromatic rings. The fourth-order valence-corrected chi connectivity index (χ4v) is 4.15. The summed E-state index contributed by atoms with van der Waals surface area (Å²) in [6.07, 6.45) is 0. The average molecular weight is 333 g/mol. The molecule has 2 rings (SSSR count). The maximum atomic E-state index is 12.9. The largest absolute Gasteiger partial charge is 0.289 e. The van der Waals surface area contributed by atoms with Gasteiger partial charge in [-0.05, 0) is 69.2 Å². The van der Waals surface area contributed by atoms with Gasteiger partial charge in [-0.25, -0.2) is 0 Å². The van der Waals surface area contributed by atoms with Crippen molar-refractivity contribution in [3.8, 4) is 0 Å². The van der Waals surface area contributed by atoms with Crippen LogP contribution in [-0.2, 0) is 5.41 Å². The molecule has 0 aliphatic rings. The van der Waals surface area contributed by atoms with Gasteiger partial charge >= 0.3 is 0 Å². The average Bonchev–Trinajstić information content (AvgIpc) is 2.41. The Morgan fingerprint density at radius 2 is 1.42 bits per heavy atom. The molecule has 0 saturated heterocycles. The summed E-state index contributed by atoms with van der Waals surface area (Å²) in [5.74, 6) is 0. The summed E-state index contributed by atoms with van der Waals surface area (Å²) >= 11 is 0. The topological polar surface area (TPSA) is 17.1 Å². The van der Waals surface area contributed by atoms with Gasteiger partial charge in [-0.1, -0.05) is 56.7 Å². The van der Waals surface area contributed by atoms with Gasteiger partial charge in [0.1, 0.15) is 0 Å². The third-order valence-corrected chi connectivity index (χ3v) is 5.55. The molecule has 123 valence electrons. The van der Waals surface area contributed by atoms with E-state index in [9.17, 15) is 4.79 Å². The molecule has 0 spiro atoms. The van der Waals surface area contributed by atoms with Gasteiger partial charge in [-0.2, -0.15) is 0 Å². The van der Waals surface area contributed by atoms with Crippen LogP contribution in [0.2, 0.25) is 0 Å². The van der Waals surface area contributed by atoms with Crippen molar-refractivity contribution < 1.29 is 4.79 Å². The van der Waals surface area contributed by atoms with Gasteiger partial charge in [0.2, 0.25) is 0 Å². The third-order valence-electron chi connectivity index (χ3n) is 4.27. The second-order valence-electron chi connectivity index (χ2n) is 7.51. The summed E-state index contributed by atoms with van der Waals surface area (Å²) in [6, 6.07) is 10.7. The summed E-state index contributed by atoms with van der Waals surface area (Å²) in [5, 5.41) is 1.16. The molecule has 1 nitrogen and oxygen atoms in total. The summed E-state index contributed by atoms with van der Waals surface area (Å²) in [4.78, 5) is 12.9. The van der Waals surface area contributed by atoms with Gasteiger partial charge < -0.3 is 0 Å². The van der Waals surface area contributed by atoms with Crippen molar-refractivity contribution in [3.63, 3.8) is 0 Å². The van der Waals surface area contributed by atoms with E-state index in [1.165, 1.54) is 16.7 Å². The first-order valence-corrected chi connectivity index (χ1v) is 9.10. The number of hydrogen-bond donors (Lipinski definition) is 0.